The molecule has 3 aromatic rings. The summed E-state index contributed by atoms with van der Waals surface area (Å²) in [6, 6.07) is 22.6. The fourth-order valence-electron chi connectivity index (χ4n) is 6.34. The number of imide groups is 1. The van der Waals surface area contributed by atoms with Gasteiger partial charge in [0.2, 0.25) is 0 Å². The van der Waals surface area contributed by atoms with Crippen molar-refractivity contribution in [3.05, 3.63) is 95.6 Å². The maximum atomic E-state index is 15.2. The van der Waals surface area contributed by atoms with Crippen molar-refractivity contribution >= 4 is 35.3 Å². The quantitative estimate of drug-likeness (QED) is 0.269. The van der Waals surface area contributed by atoms with Crippen molar-refractivity contribution in [1.82, 2.24) is 0 Å². The highest BCUT2D eigenvalue weighted by Crippen LogP contribution is 2.58. The molecule has 2 amide bonds. The predicted molar refractivity (Wildman–Crippen MR) is 166 cm³/mol. The first-order valence-corrected chi connectivity index (χ1v) is 14.6. The SMILES string of the molecule is CCOC(=O)C1C2(C(=O)N(C(=O)OC(C)(C)C)c3ccc(OC)cc32)C(c2ccccc2)=N[C@]1(Cc1ccccc1)C(=O)OC. The largest absolute Gasteiger partial charge is 0.497 e. The molecule has 3 aromatic carbocycles. The van der Waals surface area contributed by atoms with Gasteiger partial charge in [0.1, 0.15) is 22.7 Å². The number of rotatable bonds is 7. The summed E-state index contributed by atoms with van der Waals surface area (Å²) in [5.74, 6) is -3.71. The molecule has 2 aliphatic rings. The molecule has 3 atom stereocenters. The lowest BCUT2D eigenvalue weighted by Crippen LogP contribution is -2.60. The second kappa shape index (κ2) is 11.8. The molecule has 0 N–H and O–H groups in total. The molecule has 2 aliphatic heterocycles. The first kappa shape index (κ1) is 31.4. The molecule has 45 heavy (non-hydrogen) atoms. The third-order valence-electron chi connectivity index (χ3n) is 8.01. The molecule has 2 unspecified atom stereocenters. The Morgan fingerprint density at radius 1 is 0.933 bits per heavy atom. The zero-order chi connectivity index (χ0) is 32.6. The van der Waals surface area contributed by atoms with E-state index in [1.165, 1.54) is 14.2 Å². The molecule has 0 aromatic heterocycles. The van der Waals surface area contributed by atoms with Crippen molar-refractivity contribution in [3.8, 4) is 5.75 Å². The van der Waals surface area contributed by atoms with Gasteiger partial charge in [-0.2, -0.15) is 0 Å². The maximum Gasteiger partial charge on any atom is 0.421 e. The molecular weight excluding hydrogens is 576 g/mol. The molecule has 0 saturated carbocycles. The Morgan fingerprint density at radius 3 is 2.16 bits per heavy atom. The smallest absolute Gasteiger partial charge is 0.421 e. The first-order chi connectivity index (χ1) is 21.4. The molecule has 234 valence electrons. The number of aliphatic imine (C=N–C) groups is 1. The Balaban J connectivity index is 1.92. The van der Waals surface area contributed by atoms with Crippen molar-refractivity contribution in [3.63, 3.8) is 0 Å². The minimum absolute atomic E-state index is 0.0381. The Hall–Kier alpha value is -4.99. The minimum Gasteiger partial charge on any atom is -0.497 e. The van der Waals surface area contributed by atoms with Crippen LogP contribution < -0.4 is 9.64 Å². The van der Waals surface area contributed by atoms with Gasteiger partial charge in [-0.05, 0) is 57.0 Å². The number of methoxy groups -OCH3 is 2. The van der Waals surface area contributed by atoms with Gasteiger partial charge in [0.25, 0.3) is 5.91 Å². The number of ether oxygens (including phenoxy) is 4. The zero-order valence-corrected chi connectivity index (χ0v) is 26.2. The van der Waals surface area contributed by atoms with Crippen molar-refractivity contribution < 1.29 is 38.1 Å². The van der Waals surface area contributed by atoms with Crippen LogP contribution in [0.15, 0.2) is 83.9 Å². The standard InChI is InChI=1S/C35H36N2O8/c1-7-44-29(38)27-34(31(40)43-6,21-22-14-10-8-11-15-22)36-28(23-16-12-9-13-17-23)35(27)25-20-24(42-5)18-19-26(25)37(30(35)39)32(41)45-33(2,3)4/h8-20,27H,7,21H2,1-6H3/t27?,34-,35?/m0/s1. The number of carbonyl (C=O) groups excluding carboxylic acids is 4. The minimum atomic E-state index is -2.02. The number of benzene rings is 3. The van der Waals surface area contributed by atoms with Crippen LogP contribution in [0.25, 0.3) is 0 Å². The average molecular weight is 613 g/mol. The van der Waals surface area contributed by atoms with Gasteiger partial charge in [-0.1, -0.05) is 60.7 Å². The average Bonchev–Trinajstić information content (AvgIpc) is 3.46. The summed E-state index contributed by atoms with van der Waals surface area (Å²) in [5, 5.41) is 0. The van der Waals surface area contributed by atoms with E-state index in [0.717, 1.165) is 4.90 Å². The third kappa shape index (κ3) is 5.13. The molecule has 10 nitrogen and oxygen atoms in total. The van der Waals surface area contributed by atoms with Crippen LogP contribution >= 0.6 is 0 Å². The molecular formula is C35H36N2O8. The van der Waals surface area contributed by atoms with E-state index in [1.54, 1.807) is 100 Å². The van der Waals surface area contributed by atoms with E-state index in [4.69, 9.17) is 23.9 Å². The zero-order valence-electron chi connectivity index (χ0n) is 26.2. The lowest BCUT2D eigenvalue weighted by Gasteiger charge is -2.37. The van der Waals surface area contributed by atoms with E-state index in [2.05, 4.69) is 0 Å². The third-order valence-corrected chi connectivity index (χ3v) is 8.01. The van der Waals surface area contributed by atoms with E-state index in [9.17, 15) is 14.4 Å². The van der Waals surface area contributed by atoms with Gasteiger partial charge < -0.3 is 18.9 Å². The number of nitrogens with zero attached hydrogens (tertiary/aromatic N) is 2. The lowest BCUT2D eigenvalue weighted by atomic mass is 9.61. The predicted octanol–water partition coefficient (Wildman–Crippen LogP) is 5.05. The maximum absolute atomic E-state index is 15.2. The van der Waals surface area contributed by atoms with E-state index < -0.39 is 46.4 Å². The second-order valence-electron chi connectivity index (χ2n) is 11.9. The van der Waals surface area contributed by atoms with Gasteiger partial charge in [-0.25, -0.2) is 14.5 Å². The monoisotopic (exact) mass is 612 g/mol. The number of hydrogen-bond acceptors (Lipinski definition) is 9. The highest BCUT2D eigenvalue weighted by atomic mass is 16.6. The topological polar surface area (TPSA) is 121 Å². The summed E-state index contributed by atoms with van der Waals surface area (Å²) in [7, 11) is 2.68. The number of esters is 2. The van der Waals surface area contributed by atoms with Gasteiger partial charge in [0.05, 0.1) is 32.2 Å². The van der Waals surface area contributed by atoms with Crippen LogP contribution in [0.2, 0.25) is 0 Å². The Labute approximate surface area is 261 Å². The number of carbonyl (C=O) groups is 4. The molecule has 0 radical (unpaired) electrons. The summed E-state index contributed by atoms with van der Waals surface area (Å²) in [6.45, 7) is 6.66. The fourth-order valence-corrected chi connectivity index (χ4v) is 6.34. The van der Waals surface area contributed by atoms with E-state index in [0.29, 0.717) is 16.9 Å². The second-order valence-corrected chi connectivity index (χ2v) is 11.9. The molecule has 0 saturated heterocycles. The molecule has 0 aliphatic carbocycles. The number of hydrogen-bond donors (Lipinski definition) is 0. The van der Waals surface area contributed by atoms with Gasteiger partial charge >= 0.3 is 18.0 Å². The van der Waals surface area contributed by atoms with Gasteiger partial charge in [0, 0.05) is 12.0 Å². The molecule has 0 fully saturated rings. The van der Waals surface area contributed by atoms with Crippen LogP contribution in [0.5, 0.6) is 5.75 Å². The van der Waals surface area contributed by atoms with E-state index >= 15 is 4.79 Å². The molecule has 1 spiro atoms. The van der Waals surface area contributed by atoms with Crippen LogP contribution in [0.4, 0.5) is 10.5 Å². The summed E-state index contributed by atoms with van der Waals surface area (Å²) in [6.07, 6.45) is -1.04. The molecule has 10 heteroatoms. The summed E-state index contributed by atoms with van der Waals surface area (Å²) in [4.78, 5) is 63.5. The normalized spacial score (nSPS) is 22.1. The summed E-state index contributed by atoms with van der Waals surface area (Å²) in [5.41, 5.74) is -3.25. The molecule has 5 rings (SSSR count). The van der Waals surface area contributed by atoms with Gasteiger partial charge in [0.15, 0.2) is 5.54 Å². The summed E-state index contributed by atoms with van der Waals surface area (Å²) < 4.78 is 22.3. The van der Waals surface area contributed by atoms with Gasteiger partial charge in [-0.3, -0.25) is 14.6 Å². The van der Waals surface area contributed by atoms with Crippen LogP contribution in [0.3, 0.4) is 0 Å². The van der Waals surface area contributed by atoms with Crippen molar-refractivity contribution in [2.45, 2.75) is 50.7 Å². The van der Waals surface area contributed by atoms with Gasteiger partial charge in [-0.15, -0.1) is 0 Å². The number of fused-ring (bicyclic) bond motifs is 2. The van der Waals surface area contributed by atoms with Crippen LogP contribution in [0, 0.1) is 5.92 Å². The van der Waals surface area contributed by atoms with Crippen LogP contribution in [0.1, 0.15) is 44.4 Å². The Kier molecular flexibility index (Phi) is 8.27. The fraction of sp³-hybridized carbons (Fsp3) is 0.343. The number of anilines is 1. The lowest BCUT2D eigenvalue weighted by molar-refractivity contribution is -0.162. The van der Waals surface area contributed by atoms with Crippen molar-refractivity contribution in [1.29, 1.82) is 0 Å². The highest BCUT2D eigenvalue weighted by Gasteiger charge is 2.74. The summed E-state index contributed by atoms with van der Waals surface area (Å²) >= 11 is 0. The Morgan fingerprint density at radius 2 is 1.58 bits per heavy atom. The van der Waals surface area contributed by atoms with E-state index in [1.807, 2.05) is 6.07 Å². The van der Waals surface area contributed by atoms with Crippen LogP contribution in [-0.2, 0) is 40.4 Å². The molecule has 0 bridgehead atoms. The van der Waals surface area contributed by atoms with Crippen molar-refractivity contribution in [2.24, 2.45) is 10.9 Å². The van der Waals surface area contributed by atoms with E-state index in [-0.39, 0.29) is 30.0 Å². The highest BCUT2D eigenvalue weighted by molar-refractivity contribution is 6.36. The molecule has 2 heterocycles. The van der Waals surface area contributed by atoms with Crippen molar-refractivity contribution in [2.75, 3.05) is 25.7 Å². The number of amides is 2. The Bertz CT molecular complexity index is 1660. The van der Waals surface area contributed by atoms with Crippen LogP contribution in [-0.4, -0.2) is 61.6 Å². The first-order valence-electron chi connectivity index (χ1n) is 14.6.